The molecular weight excluding hydrogens is 306 g/mol. The minimum absolute atomic E-state index is 0.0595. The number of carboxylic acid groups (broad SMARTS) is 1. The third-order valence-corrected chi connectivity index (χ3v) is 5.42. The lowest BCUT2D eigenvalue weighted by Gasteiger charge is -2.45. The van der Waals surface area contributed by atoms with Gasteiger partial charge in [-0.3, -0.25) is 9.59 Å². The van der Waals surface area contributed by atoms with Gasteiger partial charge in [0, 0.05) is 19.2 Å². The second-order valence-corrected chi connectivity index (χ2v) is 6.78. The van der Waals surface area contributed by atoms with Crippen LogP contribution in [0.25, 0.3) is 0 Å². The molecule has 0 saturated heterocycles. The Labute approximate surface area is 142 Å². The average Bonchev–Trinajstić information content (AvgIpc) is 2.61. The van der Waals surface area contributed by atoms with Crippen LogP contribution in [-0.2, 0) is 9.53 Å². The first-order valence-electron chi connectivity index (χ1n) is 8.76. The van der Waals surface area contributed by atoms with Crippen LogP contribution in [0, 0.1) is 5.92 Å². The van der Waals surface area contributed by atoms with Crippen molar-refractivity contribution < 1.29 is 19.4 Å². The smallest absolute Gasteiger partial charge is 0.313 e. The number of carbonyl (C=O) groups excluding carboxylic acids is 1. The monoisotopic (exact) mass is 331 g/mol. The van der Waals surface area contributed by atoms with Crippen LogP contribution in [0.1, 0.15) is 53.9 Å². The van der Waals surface area contributed by atoms with E-state index in [1.807, 2.05) is 6.07 Å². The lowest BCUT2D eigenvalue weighted by molar-refractivity contribution is -0.141. The zero-order valence-corrected chi connectivity index (χ0v) is 14.1. The molecule has 5 nitrogen and oxygen atoms in total. The molecule has 1 amide bonds. The SMILES string of the molecule is COCCN1C(=O)c2ccccc2C(C(=O)O)C1C1CCCCC1. The van der Waals surface area contributed by atoms with Crippen LogP contribution in [0.4, 0.5) is 0 Å². The second kappa shape index (κ2) is 7.34. The number of rotatable bonds is 5. The molecule has 1 saturated carbocycles. The summed E-state index contributed by atoms with van der Waals surface area (Å²) in [6.45, 7) is 0.859. The third-order valence-electron chi connectivity index (χ3n) is 5.42. The van der Waals surface area contributed by atoms with Crippen molar-refractivity contribution in [1.29, 1.82) is 0 Å². The summed E-state index contributed by atoms with van der Waals surface area (Å²) in [7, 11) is 1.60. The molecule has 1 aliphatic heterocycles. The lowest BCUT2D eigenvalue weighted by Crippen LogP contribution is -2.54. The summed E-state index contributed by atoms with van der Waals surface area (Å²) in [5.41, 5.74) is 1.19. The molecule has 2 atom stereocenters. The minimum atomic E-state index is -0.840. The van der Waals surface area contributed by atoms with E-state index in [0.717, 1.165) is 25.7 Å². The molecule has 0 bridgehead atoms. The molecule has 1 fully saturated rings. The molecule has 1 aromatic rings. The average molecular weight is 331 g/mol. The van der Waals surface area contributed by atoms with Gasteiger partial charge in [0.1, 0.15) is 5.92 Å². The Bertz CT molecular complexity index is 609. The molecule has 0 radical (unpaired) electrons. The first-order valence-corrected chi connectivity index (χ1v) is 8.76. The number of carboxylic acids is 1. The van der Waals surface area contributed by atoms with Crippen LogP contribution < -0.4 is 0 Å². The Morgan fingerprint density at radius 2 is 1.96 bits per heavy atom. The van der Waals surface area contributed by atoms with Crippen molar-refractivity contribution in [2.75, 3.05) is 20.3 Å². The highest BCUT2D eigenvalue weighted by molar-refractivity contribution is 6.00. The Kier molecular flexibility index (Phi) is 5.19. The lowest BCUT2D eigenvalue weighted by atomic mass is 9.72. The van der Waals surface area contributed by atoms with Crippen molar-refractivity contribution in [1.82, 2.24) is 4.90 Å². The van der Waals surface area contributed by atoms with Crippen molar-refractivity contribution in [3.63, 3.8) is 0 Å². The van der Waals surface area contributed by atoms with Gasteiger partial charge in [-0.05, 0) is 30.4 Å². The summed E-state index contributed by atoms with van der Waals surface area (Å²) >= 11 is 0. The highest BCUT2D eigenvalue weighted by Gasteiger charge is 2.46. The second-order valence-electron chi connectivity index (χ2n) is 6.78. The number of aliphatic carboxylic acids is 1. The number of nitrogens with zero attached hydrogens (tertiary/aromatic N) is 1. The van der Waals surface area contributed by atoms with Gasteiger partial charge in [-0.2, -0.15) is 0 Å². The first kappa shape index (κ1) is 17.0. The zero-order chi connectivity index (χ0) is 17.1. The van der Waals surface area contributed by atoms with Crippen molar-refractivity contribution in [3.8, 4) is 0 Å². The fourth-order valence-corrected chi connectivity index (χ4v) is 4.34. The number of hydrogen-bond donors (Lipinski definition) is 1. The normalized spacial score (nSPS) is 24.7. The summed E-state index contributed by atoms with van der Waals surface area (Å²) in [4.78, 5) is 26.9. The van der Waals surface area contributed by atoms with Gasteiger partial charge in [0.15, 0.2) is 0 Å². The Morgan fingerprint density at radius 1 is 1.25 bits per heavy atom. The van der Waals surface area contributed by atoms with Gasteiger partial charge in [0.25, 0.3) is 5.91 Å². The molecule has 0 aromatic heterocycles. The molecule has 0 spiro atoms. The van der Waals surface area contributed by atoms with Gasteiger partial charge < -0.3 is 14.7 Å². The number of ether oxygens (including phenoxy) is 1. The topological polar surface area (TPSA) is 66.8 Å². The molecule has 2 unspecified atom stereocenters. The van der Waals surface area contributed by atoms with E-state index in [2.05, 4.69) is 0 Å². The largest absolute Gasteiger partial charge is 0.481 e. The van der Waals surface area contributed by atoms with E-state index in [1.165, 1.54) is 6.42 Å². The molecule has 3 rings (SSSR count). The number of hydrogen-bond acceptors (Lipinski definition) is 3. The molecule has 1 aromatic carbocycles. The van der Waals surface area contributed by atoms with Crippen LogP contribution in [-0.4, -0.2) is 48.2 Å². The summed E-state index contributed by atoms with van der Waals surface area (Å²) in [5.74, 6) is -1.31. The minimum Gasteiger partial charge on any atom is -0.481 e. The van der Waals surface area contributed by atoms with E-state index in [1.54, 1.807) is 30.2 Å². The zero-order valence-electron chi connectivity index (χ0n) is 14.1. The molecule has 2 aliphatic rings. The molecule has 5 heteroatoms. The number of carbonyl (C=O) groups is 2. The van der Waals surface area contributed by atoms with Crippen molar-refractivity contribution in [3.05, 3.63) is 35.4 Å². The van der Waals surface area contributed by atoms with Crippen LogP contribution >= 0.6 is 0 Å². The van der Waals surface area contributed by atoms with Crippen LogP contribution in [0.5, 0.6) is 0 Å². The Balaban J connectivity index is 2.05. The van der Waals surface area contributed by atoms with Crippen molar-refractivity contribution in [2.24, 2.45) is 5.92 Å². The Morgan fingerprint density at radius 3 is 2.62 bits per heavy atom. The van der Waals surface area contributed by atoms with E-state index in [4.69, 9.17) is 4.74 Å². The summed E-state index contributed by atoms with van der Waals surface area (Å²) in [6.07, 6.45) is 5.41. The maximum atomic E-state index is 13.0. The van der Waals surface area contributed by atoms with E-state index >= 15 is 0 Å². The number of benzene rings is 1. The van der Waals surface area contributed by atoms with E-state index in [-0.39, 0.29) is 17.9 Å². The summed E-state index contributed by atoms with van der Waals surface area (Å²) < 4.78 is 5.17. The number of amides is 1. The molecule has 130 valence electrons. The summed E-state index contributed by atoms with van der Waals surface area (Å²) in [6, 6.07) is 6.89. The molecule has 1 heterocycles. The summed E-state index contributed by atoms with van der Waals surface area (Å²) in [5, 5.41) is 9.95. The van der Waals surface area contributed by atoms with Gasteiger partial charge in [0.05, 0.1) is 12.6 Å². The van der Waals surface area contributed by atoms with Gasteiger partial charge in [0.2, 0.25) is 0 Å². The van der Waals surface area contributed by atoms with E-state index < -0.39 is 11.9 Å². The van der Waals surface area contributed by atoms with Crippen LogP contribution in [0.2, 0.25) is 0 Å². The highest BCUT2D eigenvalue weighted by atomic mass is 16.5. The number of fused-ring (bicyclic) bond motifs is 1. The van der Waals surface area contributed by atoms with E-state index in [9.17, 15) is 14.7 Å². The molecule has 24 heavy (non-hydrogen) atoms. The fourth-order valence-electron chi connectivity index (χ4n) is 4.34. The van der Waals surface area contributed by atoms with Gasteiger partial charge in [-0.1, -0.05) is 37.5 Å². The van der Waals surface area contributed by atoms with Crippen LogP contribution in [0.15, 0.2) is 24.3 Å². The van der Waals surface area contributed by atoms with E-state index in [0.29, 0.717) is 24.3 Å². The fraction of sp³-hybridized carbons (Fsp3) is 0.579. The maximum Gasteiger partial charge on any atom is 0.313 e. The van der Waals surface area contributed by atoms with Crippen molar-refractivity contribution >= 4 is 11.9 Å². The number of methoxy groups -OCH3 is 1. The Hall–Kier alpha value is -1.88. The quantitative estimate of drug-likeness (QED) is 0.901. The predicted octanol–water partition coefficient (Wildman–Crippen LogP) is 2.91. The third kappa shape index (κ3) is 3.05. The maximum absolute atomic E-state index is 13.0. The molecule has 1 N–H and O–H groups in total. The molecule has 1 aliphatic carbocycles. The van der Waals surface area contributed by atoms with Gasteiger partial charge in [-0.15, -0.1) is 0 Å². The van der Waals surface area contributed by atoms with Gasteiger partial charge in [-0.25, -0.2) is 0 Å². The first-order chi connectivity index (χ1) is 11.6. The standard InChI is InChI=1S/C19H25NO4/c1-24-12-11-20-17(13-7-3-2-4-8-13)16(19(22)23)14-9-5-6-10-15(14)18(20)21/h5-6,9-10,13,16-17H,2-4,7-8,11-12H2,1H3,(H,22,23). The van der Waals surface area contributed by atoms with Crippen molar-refractivity contribution in [2.45, 2.75) is 44.1 Å². The predicted molar refractivity (Wildman–Crippen MR) is 90.1 cm³/mol. The molecular formula is C19H25NO4. The van der Waals surface area contributed by atoms with Crippen LogP contribution in [0.3, 0.4) is 0 Å². The van der Waals surface area contributed by atoms with Gasteiger partial charge >= 0.3 is 5.97 Å². The highest BCUT2D eigenvalue weighted by Crippen LogP contribution is 2.41.